The largest absolute Gasteiger partial charge is 0.392 e. The molecule has 0 saturated carbocycles. The molecule has 0 radical (unpaired) electrons. The number of carbonyl (C=O) groups is 2. The van der Waals surface area contributed by atoms with Gasteiger partial charge >= 0.3 is 11.9 Å². The van der Waals surface area contributed by atoms with Crippen molar-refractivity contribution in [3.63, 3.8) is 0 Å². The Hall–Kier alpha value is -0.860. The third-order valence-electron chi connectivity index (χ3n) is 4.42. The van der Waals surface area contributed by atoms with Crippen molar-refractivity contribution in [1.29, 1.82) is 0 Å². The average Bonchev–Trinajstić information content (AvgIpc) is 2.49. The van der Waals surface area contributed by atoms with Gasteiger partial charge in [0.2, 0.25) is 0 Å². The lowest BCUT2D eigenvalue weighted by atomic mass is 9.60. The van der Waals surface area contributed by atoms with Gasteiger partial charge in [-0.25, -0.2) is 0 Å². The molecular weight excluding hydrogens is 216 g/mol. The molecule has 1 rings (SSSR count). The molecule has 0 aromatic rings. The first-order valence-electron chi connectivity index (χ1n) is 6.75. The molecule has 0 aromatic carbocycles. The highest BCUT2D eigenvalue weighted by atomic mass is 16.6. The van der Waals surface area contributed by atoms with Gasteiger partial charge in [-0.1, -0.05) is 40.0 Å². The number of carbonyl (C=O) groups excluding carboxylic acids is 2. The Kier molecular flexibility index (Phi) is 4.34. The van der Waals surface area contributed by atoms with Crippen LogP contribution in [0.15, 0.2) is 0 Å². The minimum atomic E-state index is -0.630. The van der Waals surface area contributed by atoms with Gasteiger partial charge in [0.25, 0.3) is 0 Å². The first-order valence-corrected chi connectivity index (χ1v) is 6.75. The molecule has 1 saturated heterocycles. The van der Waals surface area contributed by atoms with E-state index in [9.17, 15) is 9.59 Å². The van der Waals surface area contributed by atoms with Crippen LogP contribution in [-0.4, -0.2) is 11.9 Å². The van der Waals surface area contributed by atoms with Crippen molar-refractivity contribution in [1.82, 2.24) is 0 Å². The van der Waals surface area contributed by atoms with Crippen LogP contribution in [0.2, 0.25) is 0 Å². The highest BCUT2D eigenvalue weighted by molar-refractivity contribution is 6.01. The normalized spacial score (nSPS) is 32.9. The van der Waals surface area contributed by atoms with Gasteiger partial charge in [-0.05, 0) is 26.2 Å². The second-order valence-electron chi connectivity index (χ2n) is 5.30. The standard InChI is InChI=1S/C14H24O3/c1-5-8-10-14(9-6-2)12(16)17-11(15)13(14,4)7-3/h5-10H2,1-4H3. The summed E-state index contributed by atoms with van der Waals surface area (Å²) in [6.07, 6.45) is 5.10. The fourth-order valence-corrected chi connectivity index (χ4v) is 2.98. The molecule has 0 bridgehead atoms. The van der Waals surface area contributed by atoms with E-state index in [1.807, 2.05) is 13.8 Å². The molecule has 1 aliphatic heterocycles. The summed E-state index contributed by atoms with van der Waals surface area (Å²) < 4.78 is 4.96. The van der Waals surface area contributed by atoms with Crippen LogP contribution in [0.3, 0.4) is 0 Å². The van der Waals surface area contributed by atoms with Gasteiger partial charge < -0.3 is 4.74 Å². The molecule has 0 aromatic heterocycles. The van der Waals surface area contributed by atoms with E-state index in [2.05, 4.69) is 13.8 Å². The summed E-state index contributed by atoms with van der Waals surface area (Å²) >= 11 is 0. The molecule has 0 N–H and O–H groups in total. The number of unbranched alkanes of at least 4 members (excludes halogenated alkanes) is 1. The highest BCUT2D eigenvalue weighted by Gasteiger charge is 2.63. The summed E-state index contributed by atoms with van der Waals surface area (Å²) in [5, 5.41) is 0. The van der Waals surface area contributed by atoms with Gasteiger partial charge in [0.05, 0.1) is 10.8 Å². The number of rotatable bonds is 6. The summed E-state index contributed by atoms with van der Waals surface area (Å²) in [4.78, 5) is 24.1. The minimum absolute atomic E-state index is 0.290. The Morgan fingerprint density at radius 2 is 1.65 bits per heavy atom. The van der Waals surface area contributed by atoms with Crippen molar-refractivity contribution >= 4 is 11.9 Å². The Morgan fingerprint density at radius 3 is 2.12 bits per heavy atom. The Morgan fingerprint density at radius 1 is 1.00 bits per heavy atom. The molecule has 2 atom stereocenters. The number of hydrogen-bond donors (Lipinski definition) is 0. The maximum atomic E-state index is 12.1. The lowest BCUT2D eigenvalue weighted by Crippen LogP contribution is -2.42. The average molecular weight is 240 g/mol. The van der Waals surface area contributed by atoms with Gasteiger partial charge in [-0.3, -0.25) is 9.59 Å². The molecule has 1 fully saturated rings. The first-order chi connectivity index (χ1) is 7.98. The zero-order valence-electron chi connectivity index (χ0n) is 11.5. The van der Waals surface area contributed by atoms with Crippen molar-refractivity contribution in [3.05, 3.63) is 0 Å². The molecule has 0 amide bonds. The fourth-order valence-electron chi connectivity index (χ4n) is 2.98. The highest BCUT2D eigenvalue weighted by Crippen LogP contribution is 2.54. The van der Waals surface area contributed by atoms with E-state index in [0.29, 0.717) is 6.42 Å². The maximum Gasteiger partial charge on any atom is 0.320 e. The smallest absolute Gasteiger partial charge is 0.320 e. The Balaban J connectivity index is 3.14. The second kappa shape index (κ2) is 5.19. The van der Waals surface area contributed by atoms with Gasteiger partial charge in [-0.15, -0.1) is 0 Å². The van der Waals surface area contributed by atoms with Crippen LogP contribution >= 0.6 is 0 Å². The predicted molar refractivity (Wildman–Crippen MR) is 66.4 cm³/mol. The zero-order chi connectivity index (χ0) is 13.1. The second-order valence-corrected chi connectivity index (χ2v) is 5.30. The van der Waals surface area contributed by atoms with E-state index in [-0.39, 0.29) is 11.9 Å². The van der Waals surface area contributed by atoms with Crippen LogP contribution in [-0.2, 0) is 14.3 Å². The molecular formula is C14H24O3. The van der Waals surface area contributed by atoms with Crippen LogP contribution in [0.25, 0.3) is 0 Å². The van der Waals surface area contributed by atoms with Gasteiger partial charge in [-0.2, -0.15) is 0 Å². The molecule has 1 heterocycles. The first kappa shape index (κ1) is 14.2. The van der Waals surface area contributed by atoms with Crippen LogP contribution in [0, 0.1) is 10.8 Å². The third-order valence-corrected chi connectivity index (χ3v) is 4.42. The van der Waals surface area contributed by atoms with Crippen molar-refractivity contribution in [2.24, 2.45) is 10.8 Å². The van der Waals surface area contributed by atoms with Crippen molar-refractivity contribution < 1.29 is 14.3 Å². The van der Waals surface area contributed by atoms with Crippen molar-refractivity contribution in [3.8, 4) is 0 Å². The minimum Gasteiger partial charge on any atom is -0.392 e. The molecule has 3 nitrogen and oxygen atoms in total. The summed E-state index contributed by atoms with van der Waals surface area (Å²) in [5.74, 6) is -0.614. The summed E-state index contributed by atoms with van der Waals surface area (Å²) in [5.41, 5.74) is -1.21. The number of esters is 2. The van der Waals surface area contributed by atoms with E-state index >= 15 is 0 Å². The van der Waals surface area contributed by atoms with E-state index in [1.165, 1.54) is 0 Å². The van der Waals surface area contributed by atoms with Gasteiger partial charge in [0.15, 0.2) is 0 Å². The lowest BCUT2D eigenvalue weighted by molar-refractivity contribution is -0.156. The molecule has 3 heteroatoms. The van der Waals surface area contributed by atoms with Gasteiger partial charge in [0.1, 0.15) is 0 Å². The fraction of sp³-hybridized carbons (Fsp3) is 0.857. The van der Waals surface area contributed by atoms with Crippen LogP contribution < -0.4 is 0 Å². The summed E-state index contributed by atoms with van der Waals surface area (Å²) in [7, 11) is 0. The molecule has 0 aliphatic carbocycles. The molecule has 0 spiro atoms. The Bertz CT molecular complexity index is 311. The zero-order valence-corrected chi connectivity index (χ0v) is 11.5. The number of ether oxygens (including phenoxy) is 1. The van der Waals surface area contributed by atoms with E-state index < -0.39 is 10.8 Å². The molecule has 17 heavy (non-hydrogen) atoms. The van der Waals surface area contributed by atoms with E-state index in [4.69, 9.17) is 4.74 Å². The van der Waals surface area contributed by atoms with Crippen molar-refractivity contribution in [2.75, 3.05) is 0 Å². The summed E-state index contributed by atoms with van der Waals surface area (Å²) in [6, 6.07) is 0. The quantitative estimate of drug-likeness (QED) is 0.527. The monoisotopic (exact) mass is 240 g/mol. The van der Waals surface area contributed by atoms with Crippen LogP contribution in [0.1, 0.15) is 66.2 Å². The number of cyclic esters (lactones) is 2. The van der Waals surface area contributed by atoms with Crippen molar-refractivity contribution in [2.45, 2.75) is 66.2 Å². The maximum absolute atomic E-state index is 12.1. The van der Waals surface area contributed by atoms with Crippen LogP contribution in [0.4, 0.5) is 0 Å². The third kappa shape index (κ3) is 2.00. The Labute approximate surface area is 104 Å². The van der Waals surface area contributed by atoms with E-state index in [1.54, 1.807) is 0 Å². The molecule has 98 valence electrons. The molecule has 1 aliphatic rings. The van der Waals surface area contributed by atoms with Gasteiger partial charge in [0, 0.05) is 0 Å². The SMILES string of the molecule is CCCCC1(CCC)C(=O)OC(=O)C1(C)CC. The van der Waals surface area contributed by atoms with Crippen LogP contribution in [0.5, 0.6) is 0 Å². The predicted octanol–water partition coefficient (Wildman–Crippen LogP) is 3.46. The lowest BCUT2D eigenvalue weighted by Gasteiger charge is -2.37. The molecule has 2 unspecified atom stereocenters. The van der Waals surface area contributed by atoms with E-state index in [0.717, 1.165) is 32.1 Å². The topological polar surface area (TPSA) is 43.4 Å². The number of hydrogen-bond acceptors (Lipinski definition) is 3. The summed E-state index contributed by atoms with van der Waals surface area (Å²) in [6.45, 7) is 8.02.